The van der Waals surface area contributed by atoms with Crippen molar-refractivity contribution in [3.05, 3.63) is 65.5 Å². The molecule has 1 heterocycles. The van der Waals surface area contributed by atoms with Gasteiger partial charge in [0.05, 0.1) is 5.69 Å². The van der Waals surface area contributed by atoms with E-state index in [1.54, 1.807) is 17.7 Å². The van der Waals surface area contributed by atoms with E-state index < -0.39 is 12.1 Å². The van der Waals surface area contributed by atoms with Crippen LogP contribution in [-0.4, -0.2) is 27.8 Å². The molecule has 1 N–H and O–H groups in total. The van der Waals surface area contributed by atoms with Crippen LogP contribution in [0.5, 0.6) is 0 Å². The summed E-state index contributed by atoms with van der Waals surface area (Å²) in [5.41, 5.74) is 3.32. The molecule has 0 spiro atoms. The zero-order chi connectivity index (χ0) is 20.3. The summed E-state index contributed by atoms with van der Waals surface area (Å²) in [7, 11) is 1.84. The number of nitrogens with zero attached hydrogens (tertiary/aromatic N) is 2. The van der Waals surface area contributed by atoms with Crippen LogP contribution in [-0.2, 0) is 21.4 Å². The first-order chi connectivity index (χ1) is 13.4. The van der Waals surface area contributed by atoms with Crippen LogP contribution in [0.3, 0.4) is 0 Å². The van der Waals surface area contributed by atoms with Gasteiger partial charge in [-0.2, -0.15) is 5.10 Å². The Bertz CT molecular complexity index is 1060. The molecule has 0 aliphatic heterocycles. The summed E-state index contributed by atoms with van der Waals surface area (Å²) in [5.74, 6) is -0.963. The summed E-state index contributed by atoms with van der Waals surface area (Å²) < 4.78 is 6.99. The first kappa shape index (κ1) is 19.4. The molecule has 3 rings (SSSR count). The lowest BCUT2D eigenvalue weighted by Crippen LogP contribution is -2.29. The summed E-state index contributed by atoms with van der Waals surface area (Å²) in [4.78, 5) is 24.6. The standard InChI is InChI=1S/C22H23N3O3/c1-14-18(15(2)25(4)24-14)12-13-21(26)28-16(3)22(27)23-20-11-7-9-17-8-5-6-10-19(17)20/h5-13,16H,1-4H3,(H,23,27)/b13-12+/t16-/m0/s1. The Morgan fingerprint density at radius 3 is 2.57 bits per heavy atom. The van der Waals surface area contributed by atoms with Crippen LogP contribution in [0.15, 0.2) is 48.5 Å². The number of fused-ring (bicyclic) bond motifs is 1. The number of carbonyl (C=O) groups excluding carboxylic acids is 2. The minimum Gasteiger partial charge on any atom is -0.449 e. The van der Waals surface area contributed by atoms with Crippen molar-refractivity contribution in [1.29, 1.82) is 0 Å². The van der Waals surface area contributed by atoms with E-state index in [1.165, 1.54) is 6.08 Å². The van der Waals surface area contributed by atoms with Gasteiger partial charge in [0.1, 0.15) is 0 Å². The molecule has 6 nitrogen and oxygen atoms in total. The van der Waals surface area contributed by atoms with Gasteiger partial charge in [0, 0.05) is 35.5 Å². The maximum absolute atomic E-state index is 12.5. The Morgan fingerprint density at radius 1 is 1.14 bits per heavy atom. The van der Waals surface area contributed by atoms with Gasteiger partial charge >= 0.3 is 5.97 Å². The van der Waals surface area contributed by atoms with Crippen LogP contribution >= 0.6 is 0 Å². The highest BCUT2D eigenvalue weighted by molar-refractivity contribution is 6.04. The number of rotatable bonds is 5. The van der Waals surface area contributed by atoms with Crippen molar-refractivity contribution < 1.29 is 14.3 Å². The van der Waals surface area contributed by atoms with Gasteiger partial charge in [0.2, 0.25) is 0 Å². The topological polar surface area (TPSA) is 73.2 Å². The van der Waals surface area contributed by atoms with Crippen LogP contribution in [0.25, 0.3) is 16.8 Å². The maximum Gasteiger partial charge on any atom is 0.331 e. The number of hydrogen-bond donors (Lipinski definition) is 1. The largest absolute Gasteiger partial charge is 0.449 e. The van der Waals surface area contributed by atoms with Gasteiger partial charge in [-0.25, -0.2) is 4.79 Å². The number of anilines is 1. The predicted octanol–water partition coefficient (Wildman–Crippen LogP) is 3.77. The molecule has 0 saturated carbocycles. The molecule has 0 fully saturated rings. The molecule has 1 aromatic heterocycles. The second-order valence-corrected chi connectivity index (χ2v) is 6.64. The van der Waals surface area contributed by atoms with Crippen LogP contribution in [0.2, 0.25) is 0 Å². The number of carbonyl (C=O) groups is 2. The molecular weight excluding hydrogens is 354 g/mol. The maximum atomic E-state index is 12.5. The van der Waals surface area contributed by atoms with Gasteiger partial charge in [0.15, 0.2) is 6.10 Å². The third-order valence-electron chi connectivity index (χ3n) is 4.66. The molecule has 1 amide bonds. The molecule has 3 aromatic rings. The summed E-state index contributed by atoms with van der Waals surface area (Å²) in [5, 5.41) is 9.08. The molecule has 2 aromatic carbocycles. The molecule has 0 aliphatic carbocycles. The van der Waals surface area contributed by atoms with Crippen LogP contribution in [0.1, 0.15) is 23.9 Å². The third kappa shape index (κ3) is 4.11. The second-order valence-electron chi connectivity index (χ2n) is 6.64. The van der Waals surface area contributed by atoms with Crippen molar-refractivity contribution in [2.45, 2.75) is 26.9 Å². The van der Waals surface area contributed by atoms with E-state index in [9.17, 15) is 9.59 Å². The van der Waals surface area contributed by atoms with E-state index in [-0.39, 0.29) is 5.91 Å². The normalized spacial score (nSPS) is 12.3. The Balaban J connectivity index is 1.65. The molecular formula is C22H23N3O3. The highest BCUT2D eigenvalue weighted by Gasteiger charge is 2.17. The van der Waals surface area contributed by atoms with Gasteiger partial charge < -0.3 is 10.1 Å². The van der Waals surface area contributed by atoms with Gasteiger partial charge in [-0.05, 0) is 38.3 Å². The predicted molar refractivity (Wildman–Crippen MR) is 110 cm³/mol. The third-order valence-corrected chi connectivity index (χ3v) is 4.66. The Hall–Kier alpha value is -3.41. The Kier molecular flexibility index (Phi) is 5.59. The van der Waals surface area contributed by atoms with Crippen molar-refractivity contribution in [1.82, 2.24) is 9.78 Å². The number of aromatic nitrogens is 2. The zero-order valence-electron chi connectivity index (χ0n) is 16.4. The van der Waals surface area contributed by atoms with E-state index in [0.29, 0.717) is 5.69 Å². The van der Waals surface area contributed by atoms with Crippen LogP contribution in [0, 0.1) is 13.8 Å². The average molecular weight is 377 g/mol. The Morgan fingerprint density at radius 2 is 1.86 bits per heavy atom. The van der Waals surface area contributed by atoms with E-state index in [2.05, 4.69) is 10.4 Å². The van der Waals surface area contributed by atoms with E-state index in [1.807, 2.05) is 63.4 Å². The number of hydrogen-bond acceptors (Lipinski definition) is 4. The highest BCUT2D eigenvalue weighted by atomic mass is 16.5. The Labute approximate surface area is 163 Å². The highest BCUT2D eigenvalue weighted by Crippen LogP contribution is 2.23. The number of aryl methyl sites for hydroxylation is 2. The molecule has 28 heavy (non-hydrogen) atoms. The van der Waals surface area contributed by atoms with E-state index >= 15 is 0 Å². The summed E-state index contributed by atoms with van der Waals surface area (Å²) >= 11 is 0. The average Bonchev–Trinajstić information content (AvgIpc) is 2.92. The van der Waals surface area contributed by atoms with Gasteiger partial charge in [-0.1, -0.05) is 36.4 Å². The first-order valence-electron chi connectivity index (χ1n) is 9.04. The van der Waals surface area contributed by atoms with E-state index in [4.69, 9.17) is 4.74 Å². The molecule has 0 radical (unpaired) electrons. The van der Waals surface area contributed by atoms with Crippen LogP contribution in [0.4, 0.5) is 5.69 Å². The van der Waals surface area contributed by atoms with Crippen molar-refractivity contribution in [3.8, 4) is 0 Å². The second kappa shape index (κ2) is 8.08. The quantitative estimate of drug-likeness (QED) is 0.543. The smallest absolute Gasteiger partial charge is 0.331 e. The molecule has 0 aliphatic rings. The summed E-state index contributed by atoms with van der Waals surface area (Å²) in [6.45, 7) is 5.34. The number of esters is 1. The molecule has 1 atom stereocenters. The molecule has 0 bridgehead atoms. The lowest BCUT2D eigenvalue weighted by atomic mass is 10.1. The zero-order valence-corrected chi connectivity index (χ0v) is 16.4. The monoisotopic (exact) mass is 377 g/mol. The SMILES string of the molecule is Cc1nn(C)c(C)c1/C=C/C(=O)O[C@@H](C)C(=O)Nc1cccc2ccccc12. The minimum atomic E-state index is -0.924. The molecule has 6 heteroatoms. The van der Waals surface area contributed by atoms with Gasteiger partial charge in [-0.3, -0.25) is 9.48 Å². The molecule has 144 valence electrons. The molecule has 0 saturated heterocycles. The van der Waals surface area contributed by atoms with Crippen LogP contribution < -0.4 is 5.32 Å². The number of amides is 1. The minimum absolute atomic E-state index is 0.383. The summed E-state index contributed by atoms with van der Waals surface area (Å²) in [6.07, 6.45) is 2.06. The van der Waals surface area contributed by atoms with Gasteiger partial charge in [-0.15, -0.1) is 0 Å². The van der Waals surface area contributed by atoms with Crippen molar-refractivity contribution >= 4 is 34.4 Å². The fraction of sp³-hybridized carbons (Fsp3) is 0.227. The number of ether oxygens (including phenoxy) is 1. The van der Waals surface area contributed by atoms with E-state index in [0.717, 1.165) is 27.7 Å². The van der Waals surface area contributed by atoms with Gasteiger partial charge in [0.25, 0.3) is 5.91 Å². The summed E-state index contributed by atoms with van der Waals surface area (Å²) in [6, 6.07) is 13.4. The fourth-order valence-electron chi connectivity index (χ4n) is 3.02. The van der Waals surface area contributed by atoms with Crippen molar-refractivity contribution in [3.63, 3.8) is 0 Å². The number of benzene rings is 2. The molecule has 0 unspecified atom stereocenters. The van der Waals surface area contributed by atoms with Crippen molar-refractivity contribution in [2.24, 2.45) is 7.05 Å². The first-order valence-corrected chi connectivity index (χ1v) is 9.04. The lowest BCUT2D eigenvalue weighted by Gasteiger charge is -2.14. The van der Waals surface area contributed by atoms with Crippen molar-refractivity contribution in [2.75, 3.05) is 5.32 Å². The lowest BCUT2D eigenvalue weighted by molar-refractivity contribution is -0.148. The number of nitrogens with one attached hydrogen (secondary N) is 1. The fourth-order valence-corrected chi connectivity index (χ4v) is 3.02.